The molecule has 2 aromatic carbocycles. The van der Waals surface area contributed by atoms with Crippen LogP contribution in [0.15, 0.2) is 46.9 Å². The van der Waals surface area contributed by atoms with Gasteiger partial charge in [0.25, 0.3) is 0 Å². The largest absolute Gasteiger partial charge is 0.508 e. The van der Waals surface area contributed by atoms with E-state index in [1.54, 1.807) is 13.0 Å². The van der Waals surface area contributed by atoms with Gasteiger partial charge in [-0.15, -0.1) is 0 Å². The van der Waals surface area contributed by atoms with Crippen LogP contribution < -0.4 is 4.90 Å². The minimum Gasteiger partial charge on any atom is -0.508 e. The van der Waals surface area contributed by atoms with Gasteiger partial charge in [-0.3, -0.25) is 9.69 Å². The van der Waals surface area contributed by atoms with Gasteiger partial charge in [0.15, 0.2) is 5.78 Å². The van der Waals surface area contributed by atoms with Crippen LogP contribution in [0.25, 0.3) is 0 Å². The van der Waals surface area contributed by atoms with Gasteiger partial charge >= 0.3 is 0 Å². The van der Waals surface area contributed by atoms with E-state index in [9.17, 15) is 9.90 Å². The summed E-state index contributed by atoms with van der Waals surface area (Å²) < 4.78 is 0.986. The number of Topliss-reactive ketones (excluding diaryl/α,β-unsaturated/α-hetero) is 1. The van der Waals surface area contributed by atoms with Crippen LogP contribution in [0.4, 0.5) is 5.69 Å². The first-order chi connectivity index (χ1) is 11.5. The summed E-state index contributed by atoms with van der Waals surface area (Å²) in [6.45, 7) is 6.11. The smallest absolute Gasteiger partial charge is 0.159 e. The molecule has 1 N–H and O–H groups in total. The average Bonchev–Trinajstić information content (AvgIpc) is 2.59. The van der Waals surface area contributed by atoms with Crippen molar-refractivity contribution in [3.63, 3.8) is 0 Å². The lowest BCUT2D eigenvalue weighted by molar-refractivity contribution is 0.101. The summed E-state index contributed by atoms with van der Waals surface area (Å²) in [4.78, 5) is 16.0. The van der Waals surface area contributed by atoms with Crippen molar-refractivity contribution in [1.82, 2.24) is 4.90 Å². The SMILES string of the molecule is CC(=O)c1ccc(N2CCN(Cc3cc(Br)ccc3O)CC2)cc1. The monoisotopic (exact) mass is 388 g/mol. The van der Waals surface area contributed by atoms with Crippen molar-refractivity contribution in [1.29, 1.82) is 0 Å². The second-order valence-electron chi connectivity index (χ2n) is 6.14. The number of rotatable bonds is 4. The van der Waals surface area contributed by atoms with E-state index in [0.717, 1.165) is 54.0 Å². The molecule has 1 heterocycles. The number of carbonyl (C=O) groups excluding carboxylic acids is 1. The molecular formula is C19H21BrN2O2. The Labute approximate surface area is 150 Å². The predicted octanol–water partition coefficient (Wildman–Crippen LogP) is 3.68. The molecule has 1 aliphatic heterocycles. The topological polar surface area (TPSA) is 43.8 Å². The fourth-order valence-corrected chi connectivity index (χ4v) is 3.40. The van der Waals surface area contributed by atoms with Crippen molar-refractivity contribution >= 4 is 27.4 Å². The molecule has 126 valence electrons. The minimum absolute atomic E-state index is 0.0974. The van der Waals surface area contributed by atoms with Crippen LogP contribution in [0.3, 0.4) is 0 Å². The summed E-state index contributed by atoms with van der Waals surface area (Å²) in [6.07, 6.45) is 0. The van der Waals surface area contributed by atoms with Crippen LogP contribution in [0.5, 0.6) is 5.75 Å². The van der Waals surface area contributed by atoms with E-state index in [-0.39, 0.29) is 5.78 Å². The fraction of sp³-hybridized carbons (Fsp3) is 0.316. The van der Waals surface area contributed by atoms with Crippen LogP contribution in [0, 0.1) is 0 Å². The van der Waals surface area contributed by atoms with E-state index in [1.807, 2.05) is 36.4 Å². The summed E-state index contributed by atoms with van der Waals surface area (Å²) in [5.74, 6) is 0.445. The number of phenolic OH excluding ortho intramolecular Hbond substituents is 1. The Kier molecular flexibility index (Phi) is 5.21. The van der Waals surface area contributed by atoms with Crippen molar-refractivity contribution in [3.05, 3.63) is 58.1 Å². The highest BCUT2D eigenvalue weighted by Gasteiger charge is 2.18. The Bertz CT molecular complexity index is 723. The number of phenols is 1. The number of carbonyl (C=O) groups is 1. The van der Waals surface area contributed by atoms with Gasteiger partial charge in [-0.05, 0) is 49.4 Å². The number of anilines is 1. The van der Waals surface area contributed by atoms with Crippen LogP contribution in [0.2, 0.25) is 0 Å². The summed E-state index contributed by atoms with van der Waals surface area (Å²) in [7, 11) is 0. The molecule has 0 atom stereocenters. The maximum Gasteiger partial charge on any atom is 0.159 e. The van der Waals surface area contributed by atoms with E-state index in [1.165, 1.54) is 0 Å². The molecule has 3 rings (SSSR count). The van der Waals surface area contributed by atoms with Gasteiger partial charge in [0.2, 0.25) is 0 Å². The fourth-order valence-electron chi connectivity index (χ4n) is 2.99. The van der Waals surface area contributed by atoms with E-state index in [0.29, 0.717) is 5.75 Å². The zero-order valence-electron chi connectivity index (χ0n) is 13.7. The van der Waals surface area contributed by atoms with Crippen LogP contribution >= 0.6 is 15.9 Å². The van der Waals surface area contributed by atoms with Gasteiger partial charge in [0, 0.05) is 54.0 Å². The number of benzene rings is 2. The molecule has 0 unspecified atom stereocenters. The Balaban J connectivity index is 1.59. The molecule has 1 fully saturated rings. The molecule has 0 saturated carbocycles. The molecular weight excluding hydrogens is 368 g/mol. The average molecular weight is 389 g/mol. The second kappa shape index (κ2) is 7.36. The van der Waals surface area contributed by atoms with Crippen molar-refractivity contribution in [2.24, 2.45) is 0 Å². The molecule has 5 heteroatoms. The van der Waals surface area contributed by atoms with Gasteiger partial charge in [0.05, 0.1) is 0 Å². The third-order valence-electron chi connectivity index (χ3n) is 4.45. The highest BCUT2D eigenvalue weighted by molar-refractivity contribution is 9.10. The Morgan fingerprint density at radius 3 is 2.38 bits per heavy atom. The van der Waals surface area contributed by atoms with Crippen LogP contribution in [-0.4, -0.2) is 42.0 Å². The van der Waals surface area contributed by atoms with Crippen molar-refractivity contribution in [2.75, 3.05) is 31.1 Å². The normalized spacial score (nSPS) is 15.5. The maximum atomic E-state index is 11.4. The van der Waals surface area contributed by atoms with E-state index < -0.39 is 0 Å². The summed E-state index contributed by atoms with van der Waals surface area (Å²) in [5.41, 5.74) is 2.86. The van der Waals surface area contributed by atoms with E-state index in [2.05, 4.69) is 25.7 Å². The molecule has 0 amide bonds. The number of halogens is 1. The maximum absolute atomic E-state index is 11.4. The van der Waals surface area contributed by atoms with Crippen LogP contribution in [-0.2, 0) is 6.54 Å². The Morgan fingerprint density at radius 1 is 1.08 bits per heavy atom. The molecule has 0 radical (unpaired) electrons. The molecule has 1 aliphatic rings. The molecule has 0 spiro atoms. The predicted molar refractivity (Wildman–Crippen MR) is 99.7 cm³/mol. The first kappa shape index (κ1) is 17.0. The van der Waals surface area contributed by atoms with Gasteiger partial charge in [0.1, 0.15) is 5.75 Å². The standard InChI is InChI=1S/C19H21BrN2O2/c1-14(23)15-2-5-18(6-3-15)22-10-8-21(9-11-22)13-16-12-17(20)4-7-19(16)24/h2-7,12,24H,8-11,13H2,1H3. The zero-order valence-corrected chi connectivity index (χ0v) is 15.3. The lowest BCUT2D eigenvalue weighted by Crippen LogP contribution is -2.45. The third-order valence-corrected chi connectivity index (χ3v) is 4.94. The number of hydrogen-bond acceptors (Lipinski definition) is 4. The number of aromatic hydroxyl groups is 1. The molecule has 0 aromatic heterocycles. The molecule has 1 saturated heterocycles. The number of piperazine rings is 1. The van der Waals surface area contributed by atoms with E-state index in [4.69, 9.17) is 0 Å². The first-order valence-corrected chi connectivity index (χ1v) is 8.88. The summed E-state index contributed by atoms with van der Waals surface area (Å²) >= 11 is 3.46. The summed E-state index contributed by atoms with van der Waals surface area (Å²) in [5, 5.41) is 9.98. The minimum atomic E-state index is 0.0974. The van der Waals surface area contributed by atoms with E-state index >= 15 is 0 Å². The van der Waals surface area contributed by atoms with Crippen molar-refractivity contribution in [3.8, 4) is 5.75 Å². The lowest BCUT2D eigenvalue weighted by atomic mass is 10.1. The van der Waals surface area contributed by atoms with Gasteiger partial charge in [-0.25, -0.2) is 0 Å². The highest BCUT2D eigenvalue weighted by Crippen LogP contribution is 2.24. The van der Waals surface area contributed by atoms with Crippen molar-refractivity contribution in [2.45, 2.75) is 13.5 Å². The molecule has 4 nitrogen and oxygen atoms in total. The lowest BCUT2D eigenvalue weighted by Gasteiger charge is -2.36. The van der Waals surface area contributed by atoms with Gasteiger partial charge in [-0.1, -0.05) is 15.9 Å². The molecule has 0 bridgehead atoms. The van der Waals surface area contributed by atoms with Gasteiger partial charge < -0.3 is 10.0 Å². The Hall–Kier alpha value is -1.85. The molecule has 0 aliphatic carbocycles. The number of ketones is 1. The van der Waals surface area contributed by atoms with Crippen LogP contribution in [0.1, 0.15) is 22.8 Å². The third kappa shape index (κ3) is 3.97. The number of hydrogen-bond donors (Lipinski definition) is 1. The molecule has 24 heavy (non-hydrogen) atoms. The quantitative estimate of drug-likeness (QED) is 0.811. The first-order valence-electron chi connectivity index (χ1n) is 8.08. The Morgan fingerprint density at radius 2 is 1.75 bits per heavy atom. The molecule has 2 aromatic rings. The van der Waals surface area contributed by atoms with Crippen molar-refractivity contribution < 1.29 is 9.90 Å². The summed E-state index contributed by atoms with van der Waals surface area (Å²) in [6, 6.07) is 13.4. The zero-order chi connectivity index (χ0) is 17.1. The van der Waals surface area contributed by atoms with Gasteiger partial charge in [-0.2, -0.15) is 0 Å². The second-order valence-corrected chi connectivity index (χ2v) is 7.05. The number of nitrogens with zero attached hydrogens (tertiary/aromatic N) is 2. The highest BCUT2D eigenvalue weighted by atomic mass is 79.9.